The van der Waals surface area contributed by atoms with Crippen LogP contribution in [0.2, 0.25) is 0 Å². The largest absolute Gasteiger partial charge is 0.493 e. The quantitative estimate of drug-likeness (QED) is 0.705. The molecule has 0 saturated carbocycles. The Morgan fingerprint density at radius 3 is 2.50 bits per heavy atom. The van der Waals surface area contributed by atoms with Crippen molar-refractivity contribution in [2.24, 2.45) is 12.5 Å². The minimum Gasteiger partial charge on any atom is -0.493 e. The highest BCUT2D eigenvalue weighted by atomic mass is 32.2. The number of benzene rings is 1. The Morgan fingerprint density at radius 1 is 1.14 bits per heavy atom. The lowest BCUT2D eigenvalue weighted by Crippen LogP contribution is -2.11. The van der Waals surface area contributed by atoms with Gasteiger partial charge in [0.2, 0.25) is 0 Å². The number of nitrogens with one attached hydrogen (secondary N) is 1. The lowest BCUT2D eigenvalue weighted by atomic mass is 9.93. The number of ether oxygens (including phenoxy) is 1. The highest BCUT2D eigenvalue weighted by Gasteiger charge is 2.19. The van der Waals surface area contributed by atoms with Crippen molar-refractivity contribution in [1.82, 2.24) is 9.55 Å². The Hall–Kier alpha value is -2.54. The van der Waals surface area contributed by atoms with E-state index >= 15 is 0 Å². The molecule has 0 aliphatic heterocycles. The summed E-state index contributed by atoms with van der Waals surface area (Å²) >= 11 is 0. The second kappa shape index (κ2) is 7.13. The van der Waals surface area contributed by atoms with E-state index in [0.29, 0.717) is 23.4 Å². The van der Waals surface area contributed by atoms with E-state index in [-0.39, 0.29) is 15.9 Å². The van der Waals surface area contributed by atoms with Crippen LogP contribution in [-0.4, -0.2) is 30.8 Å². The molecule has 1 aromatic carbocycles. The Bertz CT molecular complexity index is 1180. The fourth-order valence-corrected chi connectivity index (χ4v) is 3.77. The normalized spacial score (nSPS) is 12.5. The summed E-state index contributed by atoms with van der Waals surface area (Å²) in [4.78, 5) is 15.1. The van der Waals surface area contributed by atoms with Crippen LogP contribution < -0.4 is 10.3 Å². The zero-order valence-electron chi connectivity index (χ0n) is 16.9. The Morgan fingerprint density at radius 2 is 1.86 bits per heavy atom. The number of hydrogen-bond acceptors (Lipinski definition) is 4. The third kappa shape index (κ3) is 4.14. The zero-order chi connectivity index (χ0) is 20.7. The van der Waals surface area contributed by atoms with Crippen molar-refractivity contribution in [1.29, 1.82) is 0 Å². The molecule has 0 saturated heterocycles. The number of sulfone groups is 1. The molecular weight excluding hydrogens is 376 g/mol. The van der Waals surface area contributed by atoms with E-state index in [1.807, 2.05) is 12.3 Å². The maximum absolute atomic E-state index is 12.2. The molecule has 0 atom stereocenters. The topological polar surface area (TPSA) is 81.2 Å². The smallest absolute Gasteiger partial charge is 0.272 e. The van der Waals surface area contributed by atoms with Crippen LogP contribution in [0.25, 0.3) is 22.0 Å². The van der Waals surface area contributed by atoms with Crippen molar-refractivity contribution in [3.8, 4) is 16.9 Å². The number of nitrogens with zero attached hydrogens (tertiary/aromatic N) is 1. The standard InChI is InChI=1S/C21H26N2O4S/c1-21(2,3)9-11-27-18-7-6-14(28(5,25)26)12-16(18)17-13-23(4)19-15(17)8-10-22-20(19)24/h6-8,10,12-13H,9,11H2,1-5H3,(H,22,24). The van der Waals surface area contributed by atoms with Crippen LogP contribution >= 0.6 is 0 Å². The summed E-state index contributed by atoms with van der Waals surface area (Å²) in [6, 6.07) is 6.69. The fourth-order valence-electron chi connectivity index (χ4n) is 3.12. The number of hydrogen-bond donors (Lipinski definition) is 1. The highest BCUT2D eigenvalue weighted by Crippen LogP contribution is 2.37. The number of aromatic amines is 1. The number of H-pyrrole nitrogens is 1. The average molecular weight is 403 g/mol. The van der Waals surface area contributed by atoms with Gasteiger partial charge < -0.3 is 14.3 Å². The summed E-state index contributed by atoms with van der Waals surface area (Å²) < 4.78 is 32.0. The molecule has 0 aliphatic carbocycles. The molecule has 2 aromatic heterocycles. The summed E-state index contributed by atoms with van der Waals surface area (Å²) in [5.41, 5.74) is 1.89. The van der Waals surface area contributed by atoms with Gasteiger partial charge in [0.25, 0.3) is 5.56 Å². The van der Waals surface area contributed by atoms with Gasteiger partial charge in [-0.1, -0.05) is 20.8 Å². The SMILES string of the molecule is Cn1cc(-c2cc(S(C)(=O)=O)ccc2OCCC(C)(C)C)c2cc[nH]c(=O)c21. The van der Waals surface area contributed by atoms with Gasteiger partial charge in [-0.25, -0.2) is 8.42 Å². The van der Waals surface area contributed by atoms with Gasteiger partial charge in [0.1, 0.15) is 11.3 Å². The third-order valence-electron chi connectivity index (χ3n) is 4.68. The first-order valence-corrected chi connectivity index (χ1v) is 11.0. The van der Waals surface area contributed by atoms with Crippen LogP contribution in [0.15, 0.2) is 46.3 Å². The van der Waals surface area contributed by atoms with Crippen molar-refractivity contribution in [3.63, 3.8) is 0 Å². The van der Waals surface area contributed by atoms with Crippen molar-refractivity contribution in [2.45, 2.75) is 32.1 Å². The molecule has 3 aromatic rings. The second-order valence-electron chi connectivity index (χ2n) is 8.31. The van der Waals surface area contributed by atoms with Crippen LogP contribution in [0, 0.1) is 5.41 Å². The first-order chi connectivity index (χ1) is 13.0. The Kier molecular flexibility index (Phi) is 5.14. The third-order valence-corrected chi connectivity index (χ3v) is 5.79. The van der Waals surface area contributed by atoms with Gasteiger partial charge in [0.05, 0.1) is 11.5 Å². The summed E-state index contributed by atoms with van der Waals surface area (Å²) in [5.74, 6) is 0.601. The van der Waals surface area contributed by atoms with E-state index in [1.54, 1.807) is 36.0 Å². The van der Waals surface area contributed by atoms with E-state index in [9.17, 15) is 13.2 Å². The fraction of sp³-hybridized carbons (Fsp3) is 0.381. The molecule has 28 heavy (non-hydrogen) atoms. The summed E-state index contributed by atoms with van der Waals surface area (Å²) in [6.45, 7) is 6.93. The van der Waals surface area contributed by atoms with Gasteiger partial charge in [0, 0.05) is 42.2 Å². The van der Waals surface area contributed by atoms with Crippen LogP contribution in [0.5, 0.6) is 5.75 Å². The first kappa shape index (κ1) is 20.2. The molecule has 0 unspecified atom stereocenters. The minimum atomic E-state index is -3.38. The molecule has 6 nitrogen and oxygen atoms in total. The molecule has 0 radical (unpaired) electrons. The van der Waals surface area contributed by atoms with Crippen molar-refractivity contribution in [3.05, 3.63) is 47.0 Å². The molecule has 1 N–H and O–H groups in total. The van der Waals surface area contributed by atoms with Crippen LogP contribution in [0.4, 0.5) is 0 Å². The van der Waals surface area contributed by atoms with E-state index in [0.717, 1.165) is 17.4 Å². The molecule has 0 fully saturated rings. The number of aromatic nitrogens is 2. The monoisotopic (exact) mass is 402 g/mol. The van der Waals surface area contributed by atoms with Crippen molar-refractivity contribution >= 4 is 20.7 Å². The number of pyridine rings is 1. The molecule has 2 heterocycles. The van der Waals surface area contributed by atoms with E-state index in [2.05, 4.69) is 25.8 Å². The van der Waals surface area contributed by atoms with Gasteiger partial charge in [0.15, 0.2) is 9.84 Å². The maximum Gasteiger partial charge on any atom is 0.272 e. The van der Waals surface area contributed by atoms with Crippen LogP contribution in [0.3, 0.4) is 0 Å². The summed E-state index contributed by atoms with van der Waals surface area (Å²) in [5, 5.41) is 0.748. The lowest BCUT2D eigenvalue weighted by molar-refractivity contribution is 0.243. The average Bonchev–Trinajstić information content (AvgIpc) is 2.91. The lowest BCUT2D eigenvalue weighted by Gasteiger charge is -2.19. The van der Waals surface area contributed by atoms with Crippen molar-refractivity contribution < 1.29 is 13.2 Å². The predicted octanol–water partition coefficient (Wildman–Crippen LogP) is 3.75. The summed E-state index contributed by atoms with van der Waals surface area (Å²) in [6.07, 6.45) is 5.46. The Balaban J connectivity index is 2.17. The van der Waals surface area contributed by atoms with E-state index in [4.69, 9.17) is 4.74 Å². The van der Waals surface area contributed by atoms with Gasteiger partial charge in [-0.2, -0.15) is 0 Å². The van der Waals surface area contributed by atoms with Crippen molar-refractivity contribution in [2.75, 3.05) is 12.9 Å². The van der Waals surface area contributed by atoms with E-state index in [1.165, 1.54) is 6.26 Å². The zero-order valence-corrected chi connectivity index (χ0v) is 17.7. The molecule has 0 bridgehead atoms. The highest BCUT2D eigenvalue weighted by molar-refractivity contribution is 7.90. The van der Waals surface area contributed by atoms with Gasteiger partial charge in [-0.15, -0.1) is 0 Å². The van der Waals surface area contributed by atoms with Crippen LogP contribution in [0.1, 0.15) is 27.2 Å². The van der Waals surface area contributed by atoms with Gasteiger partial charge >= 0.3 is 0 Å². The molecule has 0 spiro atoms. The predicted molar refractivity (Wildman–Crippen MR) is 112 cm³/mol. The number of aryl methyl sites for hydroxylation is 1. The number of fused-ring (bicyclic) bond motifs is 1. The number of rotatable bonds is 5. The van der Waals surface area contributed by atoms with Crippen LogP contribution in [-0.2, 0) is 16.9 Å². The second-order valence-corrected chi connectivity index (χ2v) is 10.3. The molecular formula is C21H26N2O4S. The maximum atomic E-state index is 12.2. The minimum absolute atomic E-state index is 0.125. The first-order valence-electron chi connectivity index (χ1n) is 9.11. The molecule has 7 heteroatoms. The Labute approximate surface area is 165 Å². The summed E-state index contributed by atoms with van der Waals surface area (Å²) in [7, 11) is -1.59. The molecule has 150 valence electrons. The molecule has 0 amide bonds. The molecule has 0 aliphatic rings. The van der Waals surface area contributed by atoms with Gasteiger partial charge in [-0.05, 0) is 36.1 Å². The molecule has 3 rings (SSSR count). The van der Waals surface area contributed by atoms with E-state index < -0.39 is 9.84 Å². The van der Waals surface area contributed by atoms with Gasteiger partial charge in [-0.3, -0.25) is 4.79 Å².